The van der Waals surface area contributed by atoms with E-state index < -0.39 is 15.6 Å². The summed E-state index contributed by atoms with van der Waals surface area (Å²) in [7, 11) is -1.65. The van der Waals surface area contributed by atoms with Gasteiger partial charge in [-0.15, -0.1) is 0 Å². The monoisotopic (exact) mass is 443 g/mol. The van der Waals surface area contributed by atoms with E-state index in [9.17, 15) is 13.2 Å². The SMILES string of the molecule is CN(C(=O)CS(=O)(=O)CCCc1ccccc1)C1CCN(CCc2ccccn2)CC1. The first-order valence-corrected chi connectivity index (χ1v) is 12.9. The van der Waals surface area contributed by atoms with Gasteiger partial charge in [-0.05, 0) is 43.4 Å². The summed E-state index contributed by atoms with van der Waals surface area (Å²) in [6, 6.07) is 15.9. The van der Waals surface area contributed by atoms with E-state index >= 15 is 0 Å². The Kier molecular flexibility index (Phi) is 8.60. The average molecular weight is 444 g/mol. The zero-order valence-electron chi connectivity index (χ0n) is 18.3. The zero-order valence-corrected chi connectivity index (χ0v) is 19.1. The number of benzene rings is 1. The molecule has 1 aliphatic heterocycles. The van der Waals surface area contributed by atoms with Gasteiger partial charge in [0.05, 0.1) is 5.75 Å². The summed E-state index contributed by atoms with van der Waals surface area (Å²) in [5.41, 5.74) is 2.21. The summed E-state index contributed by atoms with van der Waals surface area (Å²) in [6.45, 7) is 2.79. The molecule has 31 heavy (non-hydrogen) atoms. The molecule has 6 nitrogen and oxygen atoms in total. The van der Waals surface area contributed by atoms with Gasteiger partial charge < -0.3 is 9.80 Å². The largest absolute Gasteiger partial charge is 0.342 e. The highest BCUT2D eigenvalue weighted by Gasteiger charge is 2.27. The van der Waals surface area contributed by atoms with Crippen molar-refractivity contribution in [1.82, 2.24) is 14.8 Å². The molecular formula is C24H33N3O3S. The number of carbonyl (C=O) groups is 1. The highest BCUT2D eigenvalue weighted by molar-refractivity contribution is 7.92. The smallest absolute Gasteiger partial charge is 0.237 e. The van der Waals surface area contributed by atoms with E-state index in [1.807, 2.05) is 54.7 Å². The third kappa shape index (κ3) is 7.74. The van der Waals surface area contributed by atoms with E-state index in [2.05, 4.69) is 9.88 Å². The number of hydrogen-bond acceptors (Lipinski definition) is 5. The van der Waals surface area contributed by atoms with Gasteiger partial charge in [0.15, 0.2) is 9.84 Å². The predicted molar refractivity (Wildman–Crippen MR) is 124 cm³/mol. The molecule has 1 aliphatic rings. The standard InChI is InChI=1S/C24H33N3O3S/c1-26(23-13-17-27(18-14-23)16-12-22-11-5-6-15-25-22)24(28)20-31(29,30)19-7-10-21-8-3-2-4-9-21/h2-6,8-9,11,15,23H,7,10,12-14,16-20H2,1H3. The van der Waals surface area contributed by atoms with Gasteiger partial charge in [0, 0.05) is 51.0 Å². The van der Waals surface area contributed by atoms with E-state index in [1.165, 1.54) is 0 Å². The van der Waals surface area contributed by atoms with Crippen LogP contribution in [0.25, 0.3) is 0 Å². The number of nitrogens with zero attached hydrogens (tertiary/aromatic N) is 3. The van der Waals surface area contributed by atoms with Gasteiger partial charge in [-0.25, -0.2) is 8.42 Å². The lowest BCUT2D eigenvalue weighted by atomic mass is 10.0. The van der Waals surface area contributed by atoms with Crippen molar-refractivity contribution in [3.8, 4) is 0 Å². The third-order valence-electron chi connectivity index (χ3n) is 6.02. The van der Waals surface area contributed by atoms with Crippen LogP contribution in [0.5, 0.6) is 0 Å². The maximum absolute atomic E-state index is 12.6. The Morgan fingerprint density at radius 3 is 2.45 bits per heavy atom. The lowest BCUT2D eigenvalue weighted by molar-refractivity contribution is -0.130. The Balaban J connectivity index is 1.38. The second kappa shape index (κ2) is 11.4. The van der Waals surface area contributed by atoms with Crippen molar-refractivity contribution in [2.24, 2.45) is 0 Å². The lowest BCUT2D eigenvalue weighted by Crippen LogP contribution is -2.47. The van der Waals surface area contributed by atoms with Crippen LogP contribution in [0.15, 0.2) is 54.7 Å². The van der Waals surface area contributed by atoms with Crippen molar-refractivity contribution in [1.29, 1.82) is 0 Å². The first kappa shape index (κ1) is 23.4. The fraction of sp³-hybridized carbons (Fsp3) is 0.500. The number of rotatable bonds is 10. The van der Waals surface area contributed by atoms with Crippen molar-refractivity contribution in [3.05, 3.63) is 66.0 Å². The maximum atomic E-state index is 12.6. The van der Waals surface area contributed by atoms with Gasteiger partial charge in [-0.2, -0.15) is 0 Å². The number of carbonyl (C=O) groups excluding carboxylic acids is 1. The molecule has 0 radical (unpaired) electrons. The number of amides is 1. The first-order valence-electron chi connectivity index (χ1n) is 11.1. The molecule has 0 bridgehead atoms. The highest BCUT2D eigenvalue weighted by Crippen LogP contribution is 2.16. The highest BCUT2D eigenvalue weighted by atomic mass is 32.2. The summed E-state index contributed by atoms with van der Waals surface area (Å²) in [5, 5.41) is 0. The van der Waals surface area contributed by atoms with E-state index in [0.29, 0.717) is 12.8 Å². The zero-order chi connectivity index (χ0) is 22.1. The Hall–Kier alpha value is -2.25. The summed E-state index contributed by atoms with van der Waals surface area (Å²) < 4.78 is 24.9. The van der Waals surface area contributed by atoms with Crippen molar-refractivity contribution >= 4 is 15.7 Å². The molecule has 0 N–H and O–H groups in total. The minimum Gasteiger partial charge on any atom is -0.342 e. The Morgan fingerprint density at radius 2 is 1.77 bits per heavy atom. The van der Waals surface area contributed by atoms with Gasteiger partial charge in [0.2, 0.25) is 5.91 Å². The fourth-order valence-corrected chi connectivity index (χ4v) is 5.36. The Morgan fingerprint density at radius 1 is 1.06 bits per heavy atom. The molecule has 1 amide bonds. The number of aromatic nitrogens is 1. The minimum atomic E-state index is -3.39. The maximum Gasteiger partial charge on any atom is 0.237 e. The van der Waals surface area contributed by atoms with E-state index in [0.717, 1.165) is 50.2 Å². The number of sulfone groups is 1. The predicted octanol–water partition coefficient (Wildman–Crippen LogP) is 2.59. The molecule has 0 saturated carbocycles. The molecule has 1 saturated heterocycles. The number of likely N-dealkylation sites (tertiary alicyclic amines) is 1. The van der Waals surface area contributed by atoms with Crippen molar-refractivity contribution in [2.45, 2.75) is 38.1 Å². The minimum absolute atomic E-state index is 0.0490. The molecule has 1 aromatic heterocycles. The first-order chi connectivity index (χ1) is 14.9. The van der Waals surface area contributed by atoms with E-state index in [-0.39, 0.29) is 17.7 Å². The quantitative estimate of drug-likeness (QED) is 0.565. The average Bonchev–Trinajstić information content (AvgIpc) is 2.78. The second-order valence-corrected chi connectivity index (χ2v) is 10.5. The topological polar surface area (TPSA) is 70.6 Å². The number of hydrogen-bond donors (Lipinski definition) is 0. The molecule has 2 aromatic rings. The number of aryl methyl sites for hydroxylation is 1. The van der Waals surface area contributed by atoms with Crippen LogP contribution in [0.1, 0.15) is 30.5 Å². The summed E-state index contributed by atoms with van der Waals surface area (Å²) in [5.74, 6) is -0.627. The molecule has 7 heteroatoms. The molecule has 1 aromatic carbocycles. The molecule has 0 unspecified atom stereocenters. The van der Waals surface area contributed by atoms with E-state index in [4.69, 9.17) is 0 Å². The number of pyridine rings is 1. The van der Waals surface area contributed by atoms with Crippen LogP contribution >= 0.6 is 0 Å². The van der Waals surface area contributed by atoms with Gasteiger partial charge in [-0.1, -0.05) is 36.4 Å². The van der Waals surface area contributed by atoms with Crippen molar-refractivity contribution in [2.75, 3.05) is 38.2 Å². The van der Waals surface area contributed by atoms with Crippen LogP contribution in [-0.4, -0.2) is 73.3 Å². The Bertz CT molecular complexity index is 912. The molecule has 1 fully saturated rings. The molecule has 0 atom stereocenters. The molecule has 0 aliphatic carbocycles. The van der Waals surface area contributed by atoms with Crippen LogP contribution in [0.2, 0.25) is 0 Å². The molecular weight excluding hydrogens is 410 g/mol. The van der Waals surface area contributed by atoms with Crippen LogP contribution in [0.4, 0.5) is 0 Å². The van der Waals surface area contributed by atoms with Crippen molar-refractivity contribution < 1.29 is 13.2 Å². The molecule has 168 valence electrons. The molecule has 2 heterocycles. The third-order valence-corrected chi connectivity index (χ3v) is 7.61. The summed E-state index contributed by atoms with van der Waals surface area (Å²) in [6.07, 6.45) is 5.73. The molecule has 0 spiro atoms. The van der Waals surface area contributed by atoms with Crippen LogP contribution in [-0.2, 0) is 27.5 Å². The van der Waals surface area contributed by atoms with Crippen LogP contribution < -0.4 is 0 Å². The summed E-state index contributed by atoms with van der Waals surface area (Å²) >= 11 is 0. The molecule has 3 rings (SSSR count). The van der Waals surface area contributed by atoms with Gasteiger partial charge >= 0.3 is 0 Å². The fourth-order valence-electron chi connectivity index (χ4n) is 4.06. The normalized spacial score (nSPS) is 15.6. The lowest BCUT2D eigenvalue weighted by Gasteiger charge is -2.36. The van der Waals surface area contributed by atoms with E-state index in [1.54, 1.807) is 11.9 Å². The number of piperidine rings is 1. The van der Waals surface area contributed by atoms with Gasteiger partial charge in [0.25, 0.3) is 0 Å². The van der Waals surface area contributed by atoms with Crippen molar-refractivity contribution in [3.63, 3.8) is 0 Å². The summed E-state index contributed by atoms with van der Waals surface area (Å²) in [4.78, 5) is 21.0. The Labute approximate surface area is 186 Å². The second-order valence-electron chi connectivity index (χ2n) is 8.33. The van der Waals surface area contributed by atoms with Crippen LogP contribution in [0, 0.1) is 0 Å². The van der Waals surface area contributed by atoms with Gasteiger partial charge in [0.1, 0.15) is 5.75 Å². The van der Waals surface area contributed by atoms with Gasteiger partial charge in [-0.3, -0.25) is 9.78 Å². The van der Waals surface area contributed by atoms with Crippen LogP contribution in [0.3, 0.4) is 0 Å².